The molecule has 82 heavy (non-hydrogen) atoms. The molecule has 6 heteroatoms. The SMILES string of the molecule is CC/C=C\C/C=C\C/C=C\C/C=C\C/C=C\C/C=C\C/C=C\C/C=C\C/C=C\CCCCCC(=O)OCC(COC(=O)CCCCCCC/C=C\CCCCCCC)OC(=O)CCCCC/C=C\C/C=C\C/C=C\C/C=C\C/C=C\CC. The molecule has 0 aliphatic carbocycles. The summed E-state index contributed by atoms with van der Waals surface area (Å²) >= 11 is 0. The van der Waals surface area contributed by atoms with Crippen LogP contribution in [0.1, 0.15) is 258 Å². The molecule has 0 aromatic heterocycles. The predicted octanol–water partition coefficient (Wildman–Crippen LogP) is 22.8. The number of ether oxygens (including phenoxy) is 3. The number of allylic oxidation sites excluding steroid dienone is 30. The first-order chi connectivity index (χ1) is 40.5. The fourth-order valence-electron chi connectivity index (χ4n) is 8.28. The summed E-state index contributed by atoms with van der Waals surface area (Å²) in [6.07, 6.45) is 102. The van der Waals surface area contributed by atoms with Crippen molar-refractivity contribution in [3.05, 3.63) is 182 Å². The molecule has 0 bridgehead atoms. The summed E-state index contributed by atoms with van der Waals surface area (Å²) in [7, 11) is 0. The Morgan fingerprint density at radius 1 is 0.256 bits per heavy atom. The molecule has 0 fully saturated rings. The molecule has 0 N–H and O–H groups in total. The van der Waals surface area contributed by atoms with E-state index in [2.05, 4.69) is 203 Å². The van der Waals surface area contributed by atoms with E-state index in [1.54, 1.807) is 0 Å². The van der Waals surface area contributed by atoms with E-state index in [0.29, 0.717) is 19.3 Å². The molecule has 1 atom stereocenters. The molecule has 0 aliphatic heterocycles. The van der Waals surface area contributed by atoms with Gasteiger partial charge >= 0.3 is 17.9 Å². The summed E-state index contributed by atoms with van der Waals surface area (Å²) in [6.45, 7) is 6.33. The standard InChI is InChI=1S/C76H118O6/c1-4-7-10-13-16-19-22-25-28-30-32-33-34-35-36-37-38-39-40-41-42-43-45-46-48-51-54-57-60-63-66-69-75(78)81-72-73(71-80-74(77)68-65-62-59-56-53-50-27-24-21-18-15-12-9-6-3)82-76(79)70-67-64-61-58-55-52-49-47-44-31-29-26-23-20-17-14-11-8-5-2/h7-8,10-11,16-17,19-20,24-29,32-33,35-36,38-39,41-42,44-47,51-52,54-55,73H,4-6,9,12-15,18,21-23,30-31,34,37,40,43,48-50,53,56-72H2,1-3H3/b10-7-,11-8-,19-16-,20-17-,27-24-,28-25-,29-26-,33-32-,36-35-,39-38-,42-41-,46-45-,47-44-,54-51-,55-52-. The maximum absolute atomic E-state index is 12.9. The van der Waals surface area contributed by atoms with E-state index in [1.807, 2.05) is 0 Å². The highest BCUT2D eigenvalue weighted by atomic mass is 16.6. The van der Waals surface area contributed by atoms with Crippen molar-refractivity contribution in [1.29, 1.82) is 0 Å². The van der Waals surface area contributed by atoms with Crippen LogP contribution in [0.15, 0.2) is 182 Å². The minimum atomic E-state index is -0.824. The zero-order valence-electron chi connectivity index (χ0n) is 52.4. The lowest BCUT2D eigenvalue weighted by molar-refractivity contribution is -0.167. The zero-order chi connectivity index (χ0) is 59.2. The van der Waals surface area contributed by atoms with Crippen LogP contribution in [0.25, 0.3) is 0 Å². The molecule has 0 saturated heterocycles. The molecular formula is C76H118O6. The normalized spacial score (nSPS) is 13.4. The van der Waals surface area contributed by atoms with Crippen LogP contribution in [-0.2, 0) is 28.6 Å². The van der Waals surface area contributed by atoms with Crippen molar-refractivity contribution in [2.45, 2.75) is 264 Å². The van der Waals surface area contributed by atoms with Gasteiger partial charge in [-0.3, -0.25) is 14.4 Å². The van der Waals surface area contributed by atoms with Crippen LogP contribution in [0.2, 0.25) is 0 Å². The number of rotatable bonds is 57. The fourth-order valence-corrected chi connectivity index (χ4v) is 8.28. The molecule has 0 saturated carbocycles. The second-order valence-electron chi connectivity index (χ2n) is 20.9. The maximum Gasteiger partial charge on any atom is 0.306 e. The summed E-state index contributed by atoms with van der Waals surface area (Å²) in [5.74, 6) is -0.996. The molecule has 0 aromatic carbocycles. The molecule has 0 rings (SSSR count). The van der Waals surface area contributed by atoms with Gasteiger partial charge < -0.3 is 14.2 Å². The highest BCUT2D eigenvalue weighted by Crippen LogP contribution is 2.13. The summed E-state index contributed by atoms with van der Waals surface area (Å²) < 4.78 is 16.9. The van der Waals surface area contributed by atoms with E-state index in [1.165, 1.54) is 44.9 Å². The molecule has 1 unspecified atom stereocenters. The van der Waals surface area contributed by atoms with Gasteiger partial charge in [-0.05, 0) is 161 Å². The second kappa shape index (κ2) is 68.0. The number of carbonyl (C=O) groups is 3. The van der Waals surface area contributed by atoms with Gasteiger partial charge in [-0.15, -0.1) is 0 Å². The van der Waals surface area contributed by atoms with Gasteiger partial charge in [-0.25, -0.2) is 0 Å². The van der Waals surface area contributed by atoms with Gasteiger partial charge in [-0.2, -0.15) is 0 Å². The largest absolute Gasteiger partial charge is 0.462 e. The van der Waals surface area contributed by atoms with E-state index in [0.717, 1.165) is 167 Å². The maximum atomic E-state index is 12.9. The molecule has 0 heterocycles. The van der Waals surface area contributed by atoms with Gasteiger partial charge in [0.05, 0.1) is 0 Å². The van der Waals surface area contributed by atoms with Crippen molar-refractivity contribution in [3.8, 4) is 0 Å². The quantitative estimate of drug-likeness (QED) is 0.0261. The first-order valence-corrected chi connectivity index (χ1v) is 32.8. The van der Waals surface area contributed by atoms with E-state index in [-0.39, 0.29) is 37.5 Å². The minimum absolute atomic E-state index is 0.115. The Morgan fingerprint density at radius 2 is 0.476 bits per heavy atom. The van der Waals surface area contributed by atoms with Gasteiger partial charge in [0.1, 0.15) is 13.2 Å². The van der Waals surface area contributed by atoms with E-state index in [9.17, 15) is 14.4 Å². The Balaban J connectivity index is 4.49. The topological polar surface area (TPSA) is 78.9 Å². The van der Waals surface area contributed by atoms with Crippen molar-refractivity contribution in [3.63, 3.8) is 0 Å². The predicted molar refractivity (Wildman–Crippen MR) is 357 cm³/mol. The second-order valence-corrected chi connectivity index (χ2v) is 20.9. The van der Waals surface area contributed by atoms with Crippen molar-refractivity contribution < 1.29 is 28.6 Å². The van der Waals surface area contributed by atoms with Crippen LogP contribution < -0.4 is 0 Å². The van der Waals surface area contributed by atoms with Crippen LogP contribution in [0.3, 0.4) is 0 Å². The molecule has 0 aliphatic rings. The summed E-state index contributed by atoms with van der Waals surface area (Å²) in [6, 6.07) is 0. The number of hydrogen-bond acceptors (Lipinski definition) is 6. The van der Waals surface area contributed by atoms with E-state index in [4.69, 9.17) is 14.2 Å². The van der Waals surface area contributed by atoms with E-state index < -0.39 is 6.10 Å². The third-order valence-electron chi connectivity index (χ3n) is 13.1. The van der Waals surface area contributed by atoms with Crippen molar-refractivity contribution >= 4 is 17.9 Å². The van der Waals surface area contributed by atoms with Gasteiger partial charge in [0.15, 0.2) is 6.10 Å². The number of carbonyl (C=O) groups excluding carboxylic acids is 3. The lowest BCUT2D eigenvalue weighted by atomic mass is 10.1. The van der Waals surface area contributed by atoms with Crippen molar-refractivity contribution in [1.82, 2.24) is 0 Å². The summed E-state index contributed by atoms with van der Waals surface area (Å²) in [5, 5.41) is 0. The molecular weight excluding hydrogens is 1010 g/mol. The third kappa shape index (κ3) is 65.3. The zero-order valence-corrected chi connectivity index (χ0v) is 52.4. The minimum Gasteiger partial charge on any atom is -0.462 e. The lowest BCUT2D eigenvalue weighted by Gasteiger charge is -2.18. The average Bonchev–Trinajstić information content (AvgIpc) is 3.47. The highest BCUT2D eigenvalue weighted by Gasteiger charge is 2.19. The Hall–Kier alpha value is -5.49. The van der Waals surface area contributed by atoms with Crippen LogP contribution in [0.4, 0.5) is 0 Å². The van der Waals surface area contributed by atoms with Crippen LogP contribution >= 0.6 is 0 Å². The molecule has 0 amide bonds. The molecule has 0 radical (unpaired) electrons. The smallest absolute Gasteiger partial charge is 0.306 e. The number of esters is 3. The first-order valence-electron chi connectivity index (χ1n) is 32.8. The monoisotopic (exact) mass is 1130 g/mol. The first kappa shape index (κ1) is 76.5. The van der Waals surface area contributed by atoms with Crippen LogP contribution in [0.5, 0.6) is 0 Å². The molecule has 6 nitrogen and oxygen atoms in total. The van der Waals surface area contributed by atoms with Crippen molar-refractivity contribution in [2.75, 3.05) is 13.2 Å². The fraction of sp³-hybridized carbons (Fsp3) is 0.566. The van der Waals surface area contributed by atoms with Gasteiger partial charge in [-0.1, -0.05) is 261 Å². The summed E-state index contributed by atoms with van der Waals surface area (Å²) in [4.78, 5) is 38.3. The third-order valence-corrected chi connectivity index (χ3v) is 13.1. The average molecular weight is 1130 g/mol. The Morgan fingerprint density at radius 3 is 0.768 bits per heavy atom. The molecule has 0 spiro atoms. The van der Waals surface area contributed by atoms with Crippen LogP contribution in [0, 0.1) is 0 Å². The van der Waals surface area contributed by atoms with Gasteiger partial charge in [0, 0.05) is 19.3 Å². The lowest BCUT2D eigenvalue weighted by Crippen LogP contribution is -2.30. The molecule has 0 aromatic rings. The van der Waals surface area contributed by atoms with E-state index >= 15 is 0 Å². The van der Waals surface area contributed by atoms with Gasteiger partial charge in [0.2, 0.25) is 0 Å². The summed E-state index contributed by atoms with van der Waals surface area (Å²) in [5.41, 5.74) is 0. The Bertz CT molecular complexity index is 1920. The Kier molecular flexibility index (Phi) is 63.5. The highest BCUT2D eigenvalue weighted by molar-refractivity contribution is 5.71. The number of unbranched alkanes of at least 4 members (excludes halogenated alkanes) is 16. The van der Waals surface area contributed by atoms with Gasteiger partial charge in [0.25, 0.3) is 0 Å². The Labute approximate surface area is 504 Å². The molecule has 458 valence electrons. The van der Waals surface area contributed by atoms with Crippen molar-refractivity contribution in [2.24, 2.45) is 0 Å². The number of hydrogen-bond donors (Lipinski definition) is 0. The van der Waals surface area contributed by atoms with Crippen LogP contribution in [-0.4, -0.2) is 37.2 Å².